The summed E-state index contributed by atoms with van der Waals surface area (Å²) >= 11 is 0. The van der Waals surface area contributed by atoms with E-state index in [0.717, 1.165) is 0 Å². The number of rotatable bonds is 0. The Labute approximate surface area is 64.1 Å². The second kappa shape index (κ2) is 2.74. The first kappa shape index (κ1) is 6.99. The Hall–Kier alpha value is -0.690. The molecule has 2 heterocycles. The van der Waals surface area contributed by atoms with E-state index < -0.39 is 0 Å². The van der Waals surface area contributed by atoms with Crippen molar-refractivity contribution in [3.8, 4) is 0 Å². The summed E-state index contributed by atoms with van der Waals surface area (Å²) in [6.07, 6.45) is -0.00231. The van der Waals surface area contributed by atoms with Crippen LogP contribution in [0.4, 0.5) is 0 Å². The summed E-state index contributed by atoms with van der Waals surface area (Å²) in [6, 6.07) is -0.162. The predicted octanol–water partition coefficient (Wildman–Crippen LogP) is -2.99. The average Bonchev–Trinajstić information content (AvgIpc) is 2.06. The number of hydrogen-bond acceptors (Lipinski definition) is 5. The number of hydrogen-bond donors (Lipinski definition) is 5. The van der Waals surface area contributed by atoms with E-state index in [0.29, 0.717) is 13.3 Å². The third kappa shape index (κ3) is 1.21. The van der Waals surface area contributed by atoms with E-state index in [1.165, 1.54) is 0 Å². The number of fused-ring (bicyclic) bond motifs is 1. The fourth-order valence-electron chi connectivity index (χ4n) is 1.29. The van der Waals surface area contributed by atoms with Crippen molar-refractivity contribution < 1.29 is 4.79 Å². The van der Waals surface area contributed by atoms with Crippen LogP contribution in [0.3, 0.4) is 0 Å². The number of hydrazine groups is 1. The van der Waals surface area contributed by atoms with E-state index in [4.69, 9.17) is 0 Å². The molecule has 2 rings (SSSR count). The van der Waals surface area contributed by atoms with Crippen molar-refractivity contribution in [2.24, 2.45) is 0 Å². The molecule has 6 heteroatoms. The number of carbonyl (C=O) groups excluding carboxylic acids is 1. The molecule has 0 radical (unpaired) electrons. The van der Waals surface area contributed by atoms with Crippen LogP contribution in [-0.4, -0.2) is 31.5 Å². The van der Waals surface area contributed by atoms with Crippen molar-refractivity contribution in [3.05, 3.63) is 0 Å². The summed E-state index contributed by atoms with van der Waals surface area (Å²) < 4.78 is 0. The van der Waals surface area contributed by atoms with Crippen LogP contribution in [0.2, 0.25) is 0 Å². The van der Waals surface area contributed by atoms with E-state index in [1.54, 1.807) is 0 Å². The quantitative estimate of drug-likeness (QED) is 0.259. The van der Waals surface area contributed by atoms with Gasteiger partial charge in [-0.05, 0) is 0 Å². The van der Waals surface area contributed by atoms with Gasteiger partial charge in [-0.1, -0.05) is 0 Å². The van der Waals surface area contributed by atoms with Gasteiger partial charge in [-0.25, -0.2) is 10.9 Å². The second-order valence-corrected chi connectivity index (χ2v) is 2.58. The molecule has 0 saturated carbocycles. The molecule has 0 aromatic carbocycles. The highest BCUT2D eigenvalue weighted by atomic mass is 16.2. The highest BCUT2D eigenvalue weighted by Gasteiger charge is 2.32. The Balaban J connectivity index is 2.05. The highest BCUT2D eigenvalue weighted by Crippen LogP contribution is 1.96. The summed E-state index contributed by atoms with van der Waals surface area (Å²) in [7, 11) is 0. The van der Waals surface area contributed by atoms with Crippen molar-refractivity contribution in [1.29, 1.82) is 0 Å². The maximum Gasteiger partial charge on any atom is 0.241 e. The molecule has 2 unspecified atom stereocenters. The van der Waals surface area contributed by atoms with Gasteiger partial charge in [-0.2, -0.15) is 0 Å². The molecule has 0 aliphatic carbocycles. The van der Waals surface area contributed by atoms with Crippen molar-refractivity contribution in [2.45, 2.75) is 12.2 Å². The molecule has 2 aliphatic heterocycles. The number of amides is 1. The fraction of sp³-hybridized carbons (Fsp3) is 0.800. The lowest BCUT2D eigenvalue weighted by Crippen LogP contribution is -2.74. The molecule has 11 heavy (non-hydrogen) atoms. The maximum atomic E-state index is 11.1. The molecule has 2 fully saturated rings. The minimum absolute atomic E-state index is 0.00231. The van der Waals surface area contributed by atoms with Gasteiger partial charge in [0.15, 0.2) is 0 Å². The lowest BCUT2D eigenvalue weighted by Gasteiger charge is -2.37. The smallest absolute Gasteiger partial charge is 0.241 e. The summed E-state index contributed by atoms with van der Waals surface area (Å²) in [4.78, 5) is 11.1. The predicted molar refractivity (Wildman–Crippen MR) is 38.0 cm³/mol. The molecule has 2 atom stereocenters. The van der Waals surface area contributed by atoms with Crippen LogP contribution in [0.25, 0.3) is 0 Å². The Morgan fingerprint density at radius 3 is 3.00 bits per heavy atom. The Morgan fingerprint density at radius 1 is 1.27 bits per heavy atom. The van der Waals surface area contributed by atoms with Crippen LogP contribution in [0, 0.1) is 0 Å². The fourth-order valence-corrected chi connectivity index (χ4v) is 1.29. The van der Waals surface area contributed by atoms with Crippen molar-refractivity contribution in [3.63, 3.8) is 0 Å². The molecule has 0 spiro atoms. The Kier molecular flexibility index (Phi) is 1.74. The van der Waals surface area contributed by atoms with Gasteiger partial charge in [-0.3, -0.25) is 15.4 Å². The van der Waals surface area contributed by atoms with Crippen molar-refractivity contribution in [1.82, 2.24) is 26.8 Å². The van der Waals surface area contributed by atoms with E-state index in [2.05, 4.69) is 26.8 Å². The molecule has 5 N–H and O–H groups in total. The summed E-state index contributed by atoms with van der Waals surface area (Å²) in [5.74, 6) is 0.0442. The van der Waals surface area contributed by atoms with E-state index in [-0.39, 0.29) is 18.1 Å². The van der Waals surface area contributed by atoms with Crippen LogP contribution in [0.15, 0.2) is 0 Å². The molecule has 0 aromatic rings. The molecule has 2 saturated heterocycles. The largest absolute Gasteiger partial charge is 0.342 e. The van der Waals surface area contributed by atoms with E-state index in [1.807, 2.05) is 0 Å². The normalized spacial score (nSPS) is 37.6. The highest BCUT2D eigenvalue weighted by molar-refractivity contribution is 5.83. The van der Waals surface area contributed by atoms with Crippen LogP contribution in [0.5, 0.6) is 0 Å². The Morgan fingerprint density at radius 2 is 2.18 bits per heavy atom. The molecular formula is C5H11N5O. The number of carbonyl (C=O) groups is 1. The second-order valence-electron chi connectivity index (χ2n) is 2.58. The van der Waals surface area contributed by atoms with E-state index >= 15 is 0 Å². The van der Waals surface area contributed by atoms with Gasteiger partial charge in [-0.15, -0.1) is 0 Å². The number of nitrogens with one attached hydrogen (secondary N) is 5. The van der Waals surface area contributed by atoms with Gasteiger partial charge in [0.2, 0.25) is 5.91 Å². The zero-order valence-corrected chi connectivity index (χ0v) is 5.98. The SMILES string of the molecule is O=C1NCNC2NNCNC12. The first-order valence-corrected chi connectivity index (χ1v) is 3.61. The maximum absolute atomic E-state index is 11.1. The van der Waals surface area contributed by atoms with Gasteiger partial charge in [0.05, 0.1) is 19.5 Å². The van der Waals surface area contributed by atoms with E-state index in [9.17, 15) is 4.79 Å². The van der Waals surface area contributed by atoms with Crippen molar-refractivity contribution in [2.75, 3.05) is 13.3 Å². The average molecular weight is 157 g/mol. The van der Waals surface area contributed by atoms with Crippen LogP contribution < -0.4 is 26.8 Å². The lowest BCUT2D eigenvalue weighted by molar-refractivity contribution is -0.127. The Bertz CT molecular complexity index is 170. The summed E-state index contributed by atoms with van der Waals surface area (Å²) in [5, 5.41) is 8.81. The zero-order valence-electron chi connectivity index (χ0n) is 5.98. The molecule has 2 aliphatic rings. The molecule has 1 amide bonds. The molecule has 0 bridgehead atoms. The van der Waals surface area contributed by atoms with Crippen LogP contribution >= 0.6 is 0 Å². The third-order valence-corrected chi connectivity index (χ3v) is 1.87. The summed E-state index contributed by atoms with van der Waals surface area (Å²) in [5.41, 5.74) is 5.87. The molecule has 6 nitrogen and oxygen atoms in total. The third-order valence-electron chi connectivity index (χ3n) is 1.87. The van der Waals surface area contributed by atoms with Gasteiger partial charge < -0.3 is 5.32 Å². The monoisotopic (exact) mass is 157 g/mol. The minimum Gasteiger partial charge on any atom is -0.342 e. The van der Waals surface area contributed by atoms with Gasteiger partial charge in [0.1, 0.15) is 6.04 Å². The van der Waals surface area contributed by atoms with Gasteiger partial charge >= 0.3 is 0 Å². The first-order chi connectivity index (χ1) is 5.38. The lowest BCUT2D eigenvalue weighted by atomic mass is 10.2. The standard InChI is InChI=1S/C5H11N5O/c11-5-3-4(7-1-8-5)10-9-2-6-3/h3-4,6-7,9-10H,1-2H2,(H,8,11). The summed E-state index contributed by atoms with van der Waals surface area (Å²) in [6.45, 7) is 1.13. The molecular weight excluding hydrogens is 146 g/mol. The topological polar surface area (TPSA) is 77.2 Å². The van der Waals surface area contributed by atoms with Crippen molar-refractivity contribution >= 4 is 5.91 Å². The molecule has 0 aromatic heterocycles. The van der Waals surface area contributed by atoms with Crippen LogP contribution in [0.1, 0.15) is 0 Å². The van der Waals surface area contributed by atoms with Crippen LogP contribution in [-0.2, 0) is 4.79 Å². The van der Waals surface area contributed by atoms with Gasteiger partial charge in [0, 0.05) is 0 Å². The minimum atomic E-state index is -0.162. The molecule has 62 valence electrons. The van der Waals surface area contributed by atoms with Gasteiger partial charge in [0.25, 0.3) is 0 Å². The zero-order chi connectivity index (χ0) is 7.68. The first-order valence-electron chi connectivity index (χ1n) is 3.61.